The molecule has 2 N–H and O–H groups in total. The molecule has 2 rings (SSSR count). The molecule has 0 heterocycles. The first-order chi connectivity index (χ1) is 8.61. The molecule has 3 heteroatoms. The van der Waals surface area contributed by atoms with Crippen molar-refractivity contribution in [2.24, 2.45) is 5.92 Å². The fraction of sp³-hybridized carbons (Fsp3) is 0.533. The number of aryl methyl sites for hydroxylation is 2. The normalized spacial score (nSPS) is 17.2. The Morgan fingerprint density at radius 3 is 2.78 bits per heavy atom. The van der Waals surface area contributed by atoms with E-state index in [-0.39, 0.29) is 12.0 Å². The molecule has 1 aliphatic carbocycles. The third-order valence-electron chi connectivity index (χ3n) is 3.88. The second-order valence-electron chi connectivity index (χ2n) is 5.20. The highest BCUT2D eigenvalue weighted by Crippen LogP contribution is 2.28. The van der Waals surface area contributed by atoms with Crippen LogP contribution >= 0.6 is 0 Å². The lowest BCUT2D eigenvalue weighted by atomic mass is 9.94. The van der Waals surface area contributed by atoms with Gasteiger partial charge in [-0.25, -0.2) is 0 Å². The van der Waals surface area contributed by atoms with E-state index in [4.69, 9.17) is 5.11 Å². The molecule has 1 aromatic carbocycles. The summed E-state index contributed by atoms with van der Waals surface area (Å²) in [5.41, 5.74) is 4.11. The number of nitrogens with one attached hydrogen (secondary N) is 1. The highest BCUT2D eigenvalue weighted by atomic mass is 16.4. The maximum atomic E-state index is 10.9. The summed E-state index contributed by atoms with van der Waals surface area (Å²) in [5, 5.41) is 12.2. The molecule has 1 aliphatic rings. The van der Waals surface area contributed by atoms with Gasteiger partial charge in [-0.1, -0.05) is 25.1 Å². The van der Waals surface area contributed by atoms with Crippen molar-refractivity contribution in [2.45, 2.75) is 38.6 Å². The van der Waals surface area contributed by atoms with Crippen LogP contribution in [-0.2, 0) is 17.6 Å². The van der Waals surface area contributed by atoms with Gasteiger partial charge in [0.15, 0.2) is 0 Å². The zero-order chi connectivity index (χ0) is 13.1. The van der Waals surface area contributed by atoms with Crippen LogP contribution in [-0.4, -0.2) is 18.1 Å². The predicted molar refractivity (Wildman–Crippen MR) is 71.7 cm³/mol. The van der Waals surface area contributed by atoms with Crippen LogP contribution in [0.3, 0.4) is 0 Å². The second-order valence-corrected chi connectivity index (χ2v) is 5.20. The fourth-order valence-electron chi connectivity index (χ4n) is 2.68. The van der Waals surface area contributed by atoms with Gasteiger partial charge in [-0.05, 0) is 49.4 Å². The van der Waals surface area contributed by atoms with E-state index in [1.54, 1.807) is 6.92 Å². The van der Waals surface area contributed by atoms with Gasteiger partial charge in [0.2, 0.25) is 0 Å². The van der Waals surface area contributed by atoms with E-state index in [0.717, 1.165) is 6.42 Å². The number of carboxylic acids is 1. The van der Waals surface area contributed by atoms with Crippen LogP contribution in [0, 0.1) is 5.92 Å². The Morgan fingerprint density at radius 2 is 2.11 bits per heavy atom. The summed E-state index contributed by atoms with van der Waals surface area (Å²) >= 11 is 0. The predicted octanol–water partition coefficient (Wildman–Crippen LogP) is 2.55. The average Bonchev–Trinajstić information content (AvgIpc) is 2.82. The minimum atomic E-state index is -0.726. The van der Waals surface area contributed by atoms with Crippen molar-refractivity contribution in [2.75, 3.05) is 7.05 Å². The van der Waals surface area contributed by atoms with Crippen molar-refractivity contribution >= 4 is 5.97 Å². The van der Waals surface area contributed by atoms with Crippen molar-refractivity contribution in [3.8, 4) is 0 Å². The van der Waals surface area contributed by atoms with Gasteiger partial charge in [-0.2, -0.15) is 0 Å². The van der Waals surface area contributed by atoms with Crippen LogP contribution in [0.2, 0.25) is 0 Å². The maximum Gasteiger partial charge on any atom is 0.306 e. The number of benzene rings is 1. The quantitative estimate of drug-likeness (QED) is 0.840. The second kappa shape index (κ2) is 5.53. The van der Waals surface area contributed by atoms with Gasteiger partial charge in [0.05, 0.1) is 5.92 Å². The molecule has 0 amide bonds. The Morgan fingerprint density at radius 1 is 1.39 bits per heavy atom. The number of hydrogen-bond acceptors (Lipinski definition) is 2. The van der Waals surface area contributed by atoms with Crippen LogP contribution < -0.4 is 5.32 Å². The summed E-state index contributed by atoms with van der Waals surface area (Å²) in [5.74, 6) is -1.05. The molecular weight excluding hydrogens is 226 g/mol. The summed E-state index contributed by atoms with van der Waals surface area (Å²) in [4.78, 5) is 10.9. The topological polar surface area (TPSA) is 49.3 Å². The van der Waals surface area contributed by atoms with Gasteiger partial charge in [-0.15, -0.1) is 0 Å². The lowest BCUT2D eigenvalue weighted by Crippen LogP contribution is -2.22. The minimum absolute atomic E-state index is 0.127. The molecule has 0 bridgehead atoms. The molecule has 0 radical (unpaired) electrons. The van der Waals surface area contributed by atoms with Crippen molar-refractivity contribution in [1.82, 2.24) is 5.32 Å². The first-order valence-electron chi connectivity index (χ1n) is 6.63. The molecule has 0 aromatic heterocycles. The van der Waals surface area contributed by atoms with E-state index in [0.29, 0.717) is 6.42 Å². The highest BCUT2D eigenvalue weighted by molar-refractivity contribution is 5.69. The van der Waals surface area contributed by atoms with E-state index in [9.17, 15) is 4.79 Å². The van der Waals surface area contributed by atoms with Crippen LogP contribution in [0.1, 0.15) is 42.5 Å². The lowest BCUT2D eigenvalue weighted by Gasteiger charge is -2.19. The van der Waals surface area contributed by atoms with Gasteiger partial charge in [0, 0.05) is 6.04 Å². The van der Waals surface area contributed by atoms with Gasteiger partial charge in [-0.3, -0.25) is 4.79 Å². The molecule has 1 aromatic rings. The Balaban J connectivity index is 2.15. The van der Waals surface area contributed by atoms with Crippen molar-refractivity contribution in [3.05, 3.63) is 34.9 Å². The Hall–Kier alpha value is -1.35. The monoisotopic (exact) mass is 247 g/mol. The molecule has 0 saturated carbocycles. The van der Waals surface area contributed by atoms with Crippen molar-refractivity contribution < 1.29 is 9.90 Å². The molecule has 18 heavy (non-hydrogen) atoms. The van der Waals surface area contributed by atoms with E-state index >= 15 is 0 Å². The summed E-state index contributed by atoms with van der Waals surface area (Å²) in [7, 11) is 1.90. The third kappa shape index (κ3) is 2.72. The first kappa shape index (κ1) is 13.1. The van der Waals surface area contributed by atoms with E-state index in [1.165, 1.54) is 29.5 Å². The van der Waals surface area contributed by atoms with Gasteiger partial charge in [0.1, 0.15) is 0 Å². The Labute approximate surface area is 108 Å². The number of rotatable bonds is 5. The Bertz CT molecular complexity index is 442. The van der Waals surface area contributed by atoms with Crippen molar-refractivity contribution in [1.29, 1.82) is 0 Å². The zero-order valence-corrected chi connectivity index (χ0v) is 11.1. The average molecular weight is 247 g/mol. The van der Waals surface area contributed by atoms with E-state index in [2.05, 4.69) is 23.5 Å². The molecular formula is C15H21NO2. The maximum absolute atomic E-state index is 10.9. The standard InChI is InChI=1S/C15H21NO2/c1-10(15(17)18)8-14(16-2)13-7-6-11-4-3-5-12(11)9-13/h6-7,9-10,14,16H,3-5,8H2,1-2H3,(H,17,18). The molecule has 0 fully saturated rings. The van der Waals surface area contributed by atoms with E-state index < -0.39 is 5.97 Å². The summed E-state index contributed by atoms with van der Waals surface area (Å²) < 4.78 is 0. The molecule has 98 valence electrons. The SMILES string of the molecule is CNC(CC(C)C(=O)O)c1ccc2c(c1)CCC2. The van der Waals surface area contributed by atoms with Crippen LogP contribution in [0.15, 0.2) is 18.2 Å². The number of fused-ring (bicyclic) bond motifs is 1. The Kier molecular flexibility index (Phi) is 4.02. The number of carboxylic acid groups (broad SMARTS) is 1. The number of hydrogen-bond donors (Lipinski definition) is 2. The summed E-state index contributed by atoms with van der Waals surface area (Å²) in [6, 6.07) is 6.72. The van der Waals surface area contributed by atoms with Gasteiger partial charge < -0.3 is 10.4 Å². The summed E-state index contributed by atoms with van der Waals surface area (Å²) in [6.45, 7) is 1.76. The fourth-order valence-corrected chi connectivity index (χ4v) is 2.68. The zero-order valence-electron chi connectivity index (χ0n) is 11.1. The van der Waals surface area contributed by atoms with Gasteiger partial charge in [0.25, 0.3) is 0 Å². The number of carbonyl (C=O) groups is 1. The third-order valence-corrected chi connectivity index (χ3v) is 3.88. The van der Waals surface area contributed by atoms with E-state index in [1.807, 2.05) is 7.05 Å². The van der Waals surface area contributed by atoms with Gasteiger partial charge >= 0.3 is 5.97 Å². The molecule has 2 atom stereocenters. The molecule has 2 unspecified atom stereocenters. The molecule has 0 spiro atoms. The molecule has 0 aliphatic heterocycles. The highest BCUT2D eigenvalue weighted by Gasteiger charge is 2.20. The lowest BCUT2D eigenvalue weighted by molar-refractivity contribution is -0.141. The number of aliphatic carboxylic acids is 1. The van der Waals surface area contributed by atoms with Crippen LogP contribution in [0.5, 0.6) is 0 Å². The van der Waals surface area contributed by atoms with Crippen LogP contribution in [0.25, 0.3) is 0 Å². The molecule has 0 saturated heterocycles. The van der Waals surface area contributed by atoms with Crippen LogP contribution in [0.4, 0.5) is 0 Å². The largest absolute Gasteiger partial charge is 0.481 e. The van der Waals surface area contributed by atoms with Crippen molar-refractivity contribution in [3.63, 3.8) is 0 Å². The first-order valence-corrected chi connectivity index (χ1v) is 6.63. The molecule has 3 nitrogen and oxygen atoms in total. The minimum Gasteiger partial charge on any atom is -0.481 e. The summed E-state index contributed by atoms with van der Waals surface area (Å²) in [6.07, 6.45) is 4.22. The smallest absolute Gasteiger partial charge is 0.306 e.